The molecule has 0 spiro atoms. The van der Waals surface area contributed by atoms with Gasteiger partial charge in [-0.2, -0.15) is 0 Å². The Labute approximate surface area is 155 Å². The molecule has 5 rings (SSSR count). The Bertz CT molecular complexity index is 1110. The first-order valence-corrected chi connectivity index (χ1v) is 9.41. The average Bonchev–Trinajstić information content (AvgIpc) is 3.13. The molecule has 26 heavy (non-hydrogen) atoms. The molecular formula is C22H16N2OS. The van der Waals surface area contributed by atoms with Gasteiger partial charge < -0.3 is 10.6 Å². The molecule has 2 heterocycles. The second-order valence-electron chi connectivity index (χ2n) is 6.34. The van der Waals surface area contributed by atoms with Crippen LogP contribution in [-0.4, -0.2) is 5.91 Å². The van der Waals surface area contributed by atoms with E-state index < -0.39 is 0 Å². The molecule has 0 fully saturated rings. The predicted octanol–water partition coefficient (Wildman–Crippen LogP) is 5.42. The number of nitrogens with one attached hydrogen (secondary N) is 2. The molecule has 1 aliphatic heterocycles. The number of carbonyl (C=O) groups excluding carboxylic acids is 1. The fourth-order valence-corrected chi connectivity index (χ4v) is 4.54. The van der Waals surface area contributed by atoms with Gasteiger partial charge in [-0.1, -0.05) is 72.8 Å². The summed E-state index contributed by atoms with van der Waals surface area (Å²) in [5.41, 5.74) is 3.85. The van der Waals surface area contributed by atoms with Crippen LogP contribution in [0.25, 0.3) is 21.9 Å². The lowest BCUT2D eigenvalue weighted by atomic mass is 9.99. The van der Waals surface area contributed by atoms with Gasteiger partial charge in [-0.3, -0.25) is 4.79 Å². The van der Waals surface area contributed by atoms with Gasteiger partial charge >= 0.3 is 0 Å². The van der Waals surface area contributed by atoms with Crippen molar-refractivity contribution in [2.75, 3.05) is 5.32 Å². The van der Waals surface area contributed by atoms with Gasteiger partial charge in [0.15, 0.2) is 0 Å². The summed E-state index contributed by atoms with van der Waals surface area (Å²) < 4.78 is 0. The molecule has 1 atom stereocenters. The van der Waals surface area contributed by atoms with Crippen LogP contribution in [-0.2, 0) is 0 Å². The number of thiophene rings is 1. The maximum atomic E-state index is 12.9. The normalized spacial score (nSPS) is 16.0. The lowest BCUT2D eigenvalue weighted by Gasteiger charge is -2.27. The van der Waals surface area contributed by atoms with Crippen LogP contribution in [0.5, 0.6) is 0 Å². The number of anilines is 1. The van der Waals surface area contributed by atoms with Crippen molar-refractivity contribution < 1.29 is 4.79 Å². The minimum absolute atomic E-state index is 0.0308. The van der Waals surface area contributed by atoms with Gasteiger partial charge in [0.05, 0.1) is 5.56 Å². The van der Waals surface area contributed by atoms with Gasteiger partial charge in [0.2, 0.25) is 0 Å². The highest BCUT2D eigenvalue weighted by molar-refractivity contribution is 7.15. The van der Waals surface area contributed by atoms with E-state index >= 15 is 0 Å². The SMILES string of the molecule is O=C1N[C@H](c2cccc3ccccc23)Nc2scc(-c3ccccc3)c21. The average molecular weight is 356 g/mol. The molecule has 1 amide bonds. The molecule has 0 aliphatic carbocycles. The Balaban J connectivity index is 1.58. The molecule has 0 radical (unpaired) electrons. The number of amides is 1. The Morgan fingerprint density at radius 1 is 0.808 bits per heavy atom. The number of fused-ring (bicyclic) bond motifs is 2. The van der Waals surface area contributed by atoms with Crippen LogP contribution in [0.2, 0.25) is 0 Å². The molecule has 0 saturated heterocycles. The molecule has 2 N–H and O–H groups in total. The van der Waals surface area contributed by atoms with Crippen LogP contribution in [0.3, 0.4) is 0 Å². The highest BCUT2D eigenvalue weighted by atomic mass is 32.1. The third-order valence-electron chi connectivity index (χ3n) is 4.79. The van der Waals surface area contributed by atoms with E-state index in [9.17, 15) is 4.79 Å². The van der Waals surface area contributed by atoms with Crippen molar-refractivity contribution in [3.05, 3.63) is 89.3 Å². The predicted molar refractivity (Wildman–Crippen MR) is 108 cm³/mol. The van der Waals surface area contributed by atoms with Crippen molar-refractivity contribution >= 4 is 33.0 Å². The standard InChI is InChI=1S/C22H16N2OS/c25-21-19-18(15-7-2-1-3-8-15)13-26-22(19)24-20(23-21)17-12-6-10-14-9-4-5-11-16(14)17/h1-13,20,24H,(H,23,25)/t20-/m0/s1. The molecule has 4 aromatic rings. The lowest BCUT2D eigenvalue weighted by molar-refractivity contribution is 0.0937. The third-order valence-corrected chi connectivity index (χ3v) is 5.70. The Morgan fingerprint density at radius 2 is 1.58 bits per heavy atom. The molecule has 1 aliphatic rings. The van der Waals surface area contributed by atoms with Crippen LogP contribution in [0, 0.1) is 0 Å². The lowest BCUT2D eigenvalue weighted by Crippen LogP contribution is -2.38. The highest BCUT2D eigenvalue weighted by Gasteiger charge is 2.29. The number of hydrogen-bond donors (Lipinski definition) is 2. The minimum Gasteiger partial charge on any atom is -0.353 e. The van der Waals surface area contributed by atoms with Crippen LogP contribution >= 0.6 is 11.3 Å². The number of rotatable bonds is 2. The van der Waals surface area contributed by atoms with Crippen molar-refractivity contribution in [2.24, 2.45) is 0 Å². The van der Waals surface area contributed by atoms with E-state index in [0.29, 0.717) is 0 Å². The summed E-state index contributed by atoms with van der Waals surface area (Å²) in [7, 11) is 0. The number of benzene rings is 3. The molecule has 0 unspecified atom stereocenters. The Kier molecular flexibility index (Phi) is 3.50. The Hall–Kier alpha value is -3.11. The van der Waals surface area contributed by atoms with Gasteiger partial charge in [-0.05, 0) is 16.3 Å². The smallest absolute Gasteiger partial charge is 0.256 e. The first-order chi connectivity index (χ1) is 12.8. The zero-order valence-electron chi connectivity index (χ0n) is 13.9. The second-order valence-corrected chi connectivity index (χ2v) is 7.22. The largest absolute Gasteiger partial charge is 0.353 e. The molecule has 3 aromatic carbocycles. The minimum atomic E-state index is -0.233. The van der Waals surface area contributed by atoms with Crippen molar-refractivity contribution in [1.82, 2.24) is 5.32 Å². The van der Waals surface area contributed by atoms with Gasteiger partial charge in [-0.15, -0.1) is 11.3 Å². The van der Waals surface area contributed by atoms with Crippen molar-refractivity contribution in [3.63, 3.8) is 0 Å². The van der Waals surface area contributed by atoms with E-state index in [2.05, 4.69) is 40.3 Å². The summed E-state index contributed by atoms with van der Waals surface area (Å²) in [5, 5.41) is 11.9. The van der Waals surface area contributed by atoms with Gasteiger partial charge in [-0.25, -0.2) is 0 Å². The van der Waals surface area contributed by atoms with E-state index in [0.717, 1.165) is 32.6 Å². The third kappa shape index (κ3) is 2.38. The van der Waals surface area contributed by atoms with Crippen LogP contribution in [0.15, 0.2) is 78.2 Å². The number of hydrogen-bond acceptors (Lipinski definition) is 3. The van der Waals surface area contributed by atoms with Crippen LogP contribution in [0.1, 0.15) is 22.1 Å². The fraction of sp³-hybridized carbons (Fsp3) is 0.0455. The molecule has 1 aromatic heterocycles. The van der Waals surface area contributed by atoms with Gasteiger partial charge in [0.1, 0.15) is 11.2 Å². The number of carbonyl (C=O) groups is 1. The molecule has 0 bridgehead atoms. The van der Waals surface area contributed by atoms with E-state index in [4.69, 9.17) is 0 Å². The summed E-state index contributed by atoms with van der Waals surface area (Å²) >= 11 is 1.58. The van der Waals surface area contributed by atoms with Gasteiger partial charge in [0.25, 0.3) is 5.91 Å². The summed E-state index contributed by atoms with van der Waals surface area (Å²) in [4.78, 5) is 12.9. The molecule has 4 heteroatoms. The van der Waals surface area contributed by atoms with Gasteiger partial charge in [0, 0.05) is 16.5 Å². The molecule has 3 nitrogen and oxygen atoms in total. The highest BCUT2D eigenvalue weighted by Crippen LogP contribution is 2.40. The van der Waals surface area contributed by atoms with Crippen LogP contribution in [0.4, 0.5) is 5.00 Å². The quantitative estimate of drug-likeness (QED) is 0.503. The molecule has 0 saturated carbocycles. The van der Waals surface area contributed by atoms with Crippen molar-refractivity contribution in [1.29, 1.82) is 0 Å². The maximum Gasteiger partial charge on any atom is 0.256 e. The zero-order valence-corrected chi connectivity index (χ0v) is 14.7. The van der Waals surface area contributed by atoms with E-state index in [-0.39, 0.29) is 12.1 Å². The monoisotopic (exact) mass is 356 g/mol. The topological polar surface area (TPSA) is 41.1 Å². The fourth-order valence-electron chi connectivity index (χ4n) is 3.55. The van der Waals surface area contributed by atoms with E-state index in [1.807, 2.05) is 48.5 Å². The van der Waals surface area contributed by atoms with Crippen molar-refractivity contribution in [3.8, 4) is 11.1 Å². The summed E-state index contributed by atoms with van der Waals surface area (Å²) in [5.74, 6) is -0.0308. The van der Waals surface area contributed by atoms with Crippen molar-refractivity contribution in [2.45, 2.75) is 6.17 Å². The first kappa shape index (κ1) is 15.2. The molecular weight excluding hydrogens is 340 g/mol. The molecule has 126 valence electrons. The zero-order chi connectivity index (χ0) is 17.5. The van der Waals surface area contributed by atoms with Crippen LogP contribution < -0.4 is 10.6 Å². The Morgan fingerprint density at radius 3 is 2.46 bits per heavy atom. The summed E-state index contributed by atoms with van der Waals surface area (Å²) in [6.45, 7) is 0. The summed E-state index contributed by atoms with van der Waals surface area (Å²) in [6.07, 6.45) is -0.233. The maximum absolute atomic E-state index is 12.9. The van der Waals surface area contributed by atoms with E-state index in [1.165, 1.54) is 5.39 Å². The second kappa shape index (κ2) is 6.00. The first-order valence-electron chi connectivity index (χ1n) is 8.53. The van der Waals surface area contributed by atoms with E-state index in [1.54, 1.807) is 11.3 Å². The summed E-state index contributed by atoms with van der Waals surface area (Å²) in [6, 6.07) is 24.5.